The van der Waals surface area contributed by atoms with E-state index in [1.165, 1.54) is 6.07 Å². The maximum absolute atomic E-state index is 13.6. The second-order valence-electron chi connectivity index (χ2n) is 5.41. The van der Waals surface area contributed by atoms with Gasteiger partial charge >= 0.3 is 0 Å². The SMILES string of the molecule is OC(CNCc1ccc(-c2ccccc2)o1)c1c(F)cccc1F. The minimum atomic E-state index is -1.27. The Morgan fingerprint density at radius 3 is 2.33 bits per heavy atom. The molecule has 5 heteroatoms. The van der Waals surface area contributed by atoms with Crippen molar-refractivity contribution in [1.82, 2.24) is 5.32 Å². The lowest BCUT2D eigenvalue weighted by atomic mass is 10.1. The fraction of sp³-hybridized carbons (Fsp3) is 0.158. The van der Waals surface area contributed by atoms with Crippen molar-refractivity contribution in [2.75, 3.05) is 6.54 Å². The van der Waals surface area contributed by atoms with Gasteiger partial charge in [0, 0.05) is 12.1 Å². The lowest BCUT2D eigenvalue weighted by molar-refractivity contribution is 0.164. The van der Waals surface area contributed by atoms with Gasteiger partial charge in [-0.25, -0.2) is 8.78 Å². The molecule has 2 N–H and O–H groups in total. The largest absolute Gasteiger partial charge is 0.460 e. The topological polar surface area (TPSA) is 45.4 Å². The van der Waals surface area contributed by atoms with Gasteiger partial charge in [0.25, 0.3) is 0 Å². The number of furan rings is 1. The molecule has 0 aliphatic rings. The molecule has 0 saturated carbocycles. The molecule has 0 aliphatic carbocycles. The summed E-state index contributed by atoms with van der Waals surface area (Å²) >= 11 is 0. The highest BCUT2D eigenvalue weighted by Crippen LogP contribution is 2.22. The number of aliphatic hydroxyl groups is 1. The second-order valence-corrected chi connectivity index (χ2v) is 5.41. The van der Waals surface area contributed by atoms with Gasteiger partial charge in [0.1, 0.15) is 23.2 Å². The average molecular weight is 329 g/mol. The standard InChI is InChI=1S/C19H17F2NO2/c20-15-7-4-8-16(21)19(15)17(23)12-22-11-14-9-10-18(24-14)13-5-2-1-3-6-13/h1-10,17,22-23H,11-12H2. The maximum Gasteiger partial charge on any atom is 0.134 e. The van der Waals surface area contributed by atoms with Gasteiger partial charge in [-0.3, -0.25) is 0 Å². The molecular formula is C19H17F2NO2. The van der Waals surface area contributed by atoms with Crippen LogP contribution in [0, 0.1) is 11.6 Å². The van der Waals surface area contributed by atoms with E-state index in [1.807, 2.05) is 42.5 Å². The van der Waals surface area contributed by atoms with Crippen LogP contribution in [-0.4, -0.2) is 11.7 Å². The van der Waals surface area contributed by atoms with Crippen LogP contribution < -0.4 is 5.32 Å². The summed E-state index contributed by atoms with van der Waals surface area (Å²) in [7, 11) is 0. The van der Waals surface area contributed by atoms with Crippen molar-refractivity contribution >= 4 is 0 Å². The summed E-state index contributed by atoms with van der Waals surface area (Å²) in [5, 5.41) is 12.9. The second kappa shape index (κ2) is 7.38. The first-order valence-electron chi connectivity index (χ1n) is 7.62. The molecule has 1 unspecified atom stereocenters. The van der Waals surface area contributed by atoms with Gasteiger partial charge < -0.3 is 14.8 Å². The normalized spacial score (nSPS) is 12.3. The van der Waals surface area contributed by atoms with Gasteiger partial charge in [0.2, 0.25) is 0 Å². The number of hydrogen-bond donors (Lipinski definition) is 2. The Hall–Kier alpha value is -2.50. The summed E-state index contributed by atoms with van der Waals surface area (Å²) in [6.07, 6.45) is -1.27. The first kappa shape index (κ1) is 16.4. The van der Waals surface area contributed by atoms with Gasteiger partial charge in [-0.1, -0.05) is 36.4 Å². The van der Waals surface area contributed by atoms with Crippen LogP contribution in [0.15, 0.2) is 65.1 Å². The minimum Gasteiger partial charge on any atom is -0.460 e. The summed E-state index contributed by atoms with van der Waals surface area (Å²) in [5.74, 6) is -0.0921. The van der Waals surface area contributed by atoms with Crippen LogP contribution in [-0.2, 0) is 6.54 Å². The van der Waals surface area contributed by atoms with E-state index < -0.39 is 17.7 Å². The van der Waals surface area contributed by atoms with E-state index >= 15 is 0 Å². The van der Waals surface area contributed by atoms with Crippen molar-refractivity contribution in [1.29, 1.82) is 0 Å². The average Bonchev–Trinajstić information content (AvgIpc) is 3.04. The van der Waals surface area contributed by atoms with Crippen molar-refractivity contribution in [2.45, 2.75) is 12.6 Å². The molecule has 1 atom stereocenters. The fourth-order valence-electron chi connectivity index (χ4n) is 2.49. The third-order valence-corrected chi connectivity index (χ3v) is 3.69. The molecule has 0 saturated heterocycles. The molecule has 3 rings (SSSR count). The molecule has 1 aromatic heterocycles. The van der Waals surface area contributed by atoms with Crippen molar-refractivity contribution in [3.05, 3.63) is 83.6 Å². The van der Waals surface area contributed by atoms with Crippen molar-refractivity contribution in [2.24, 2.45) is 0 Å². The minimum absolute atomic E-state index is 0.0131. The summed E-state index contributed by atoms with van der Waals surface area (Å²) in [6.45, 7) is 0.360. The molecular weight excluding hydrogens is 312 g/mol. The third-order valence-electron chi connectivity index (χ3n) is 3.69. The Balaban J connectivity index is 1.58. The highest BCUT2D eigenvalue weighted by molar-refractivity contribution is 5.57. The van der Waals surface area contributed by atoms with Crippen molar-refractivity contribution < 1.29 is 18.3 Å². The number of aliphatic hydroxyl groups excluding tert-OH is 1. The van der Waals surface area contributed by atoms with E-state index in [-0.39, 0.29) is 12.1 Å². The highest BCUT2D eigenvalue weighted by atomic mass is 19.1. The van der Waals surface area contributed by atoms with E-state index in [0.29, 0.717) is 12.3 Å². The van der Waals surface area contributed by atoms with E-state index in [9.17, 15) is 13.9 Å². The zero-order chi connectivity index (χ0) is 16.9. The van der Waals surface area contributed by atoms with Crippen LogP contribution >= 0.6 is 0 Å². The van der Waals surface area contributed by atoms with Crippen LogP contribution in [0.1, 0.15) is 17.4 Å². The van der Waals surface area contributed by atoms with Crippen LogP contribution in [0.2, 0.25) is 0 Å². The molecule has 0 fully saturated rings. The Morgan fingerprint density at radius 2 is 1.62 bits per heavy atom. The number of benzene rings is 2. The van der Waals surface area contributed by atoms with Crippen LogP contribution in [0.4, 0.5) is 8.78 Å². The first-order valence-corrected chi connectivity index (χ1v) is 7.62. The van der Waals surface area contributed by atoms with Gasteiger partial charge in [-0.2, -0.15) is 0 Å². The van der Waals surface area contributed by atoms with Gasteiger partial charge in [0.05, 0.1) is 18.2 Å². The molecule has 0 bridgehead atoms. The van der Waals surface area contributed by atoms with Crippen LogP contribution in [0.5, 0.6) is 0 Å². The lowest BCUT2D eigenvalue weighted by Gasteiger charge is -2.13. The number of halogens is 2. The van der Waals surface area contributed by atoms with Crippen molar-refractivity contribution in [3.63, 3.8) is 0 Å². The zero-order valence-electron chi connectivity index (χ0n) is 12.9. The molecule has 0 aliphatic heterocycles. The maximum atomic E-state index is 13.6. The van der Waals surface area contributed by atoms with E-state index in [1.54, 1.807) is 0 Å². The summed E-state index contributed by atoms with van der Waals surface area (Å²) in [5.41, 5.74) is 0.645. The van der Waals surface area contributed by atoms with Crippen LogP contribution in [0.3, 0.4) is 0 Å². The number of hydrogen-bond acceptors (Lipinski definition) is 3. The quantitative estimate of drug-likeness (QED) is 0.717. The Bertz CT molecular complexity index is 782. The molecule has 3 aromatic rings. The molecule has 0 radical (unpaired) electrons. The highest BCUT2D eigenvalue weighted by Gasteiger charge is 2.17. The van der Waals surface area contributed by atoms with Crippen LogP contribution in [0.25, 0.3) is 11.3 Å². The monoisotopic (exact) mass is 329 g/mol. The molecule has 0 spiro atoms. The first-order chi connectivity index (χ1) is 11.6. The Morgan fingerprint density at radius 1 is 0.917 bits per heavy atom. The smallest absolute Gasteiger partial charge is 0.134 e. The molecule has 0 amide bonds. The molecule has 2 aromatic carbocycles. The van der Waals surface area contributed by atoms with Gasteiger partial charge in [0.15, 0.2) is 0 Å². The molecule has 124 valence electrons. The number of rotatable bonds is 6. The van der Waals surface area contributed by atoms with Gasteiger partial charge in [-0.05, 0) is 24.3 Å². The molecule has 1 heterocycles. The van der Waals surface area contributed by atoms with Gasteiger partial charge in [-0.15, -0.1) is 0 Å². The fourth-order valence-corrected chi connectivity index (χ4v) is 2.49. The zero-order valence-corrected chi connectivity index (χ0v) is 12.9. The molecule has 24 heavy (non-hydrogen) atoms. The Kier molecular flexibility index (Phi) is 5.03. The molecule has 3 nitrogen and oxygen atoms in total. The van der Waals surface area contributed by atoms with E-state index in [4.69, 9.17) is 4.42 Å². The number of nitrogens with one attached hydrogen (secondary N) is 1. The summed E-state index contributed by atoms with van der Waals surface area (Å²) in [6, 6.07) is 16.9. The Labute approximate surface area is 138 Å². The predicted octanol–water partition coefficient (Wildman–Crippen LogP) is 4.05. The third kappa shape index (κ3) is 3.69. The summed E-state index contributed by atoms with van der Waals surface area (Å²) in [4.78, 5) is 0. The van der Waals surface area contributed by atoms with E-state index in [2.05, 4.69) is 5.32 Å². The predicted molar refractivity (Wildman–Crippen MR) is 87.2 cm³/mol. The lowest BCUT2D eigenvalue weighted by Crippen LogP contribution is -2.22. The van der Waals surface area contributed by atoms with Crippen molar-refractivity contribution in [3.8, 4) is 11.3 Å². The van der Waals surface area contributed by atoms with E-state index in [0.717, 1.165) is 23.5 Å². The summed E-state index contributed by atoms with van der Waals surface area (Å²) < 4.78 is 32.9.